The summed E-state index contributed by atoms with van der Waals surface area (Å²) in [6, 6.07) is 4.07. The average Bonchev–Trinajstić information content (AvgIpc) is 2.14. The monoisotopic (exact) mass is 232 g/mol. The van der Waals surface area contributed by atoms with Crippen molar-refractivity contribution in [2.45, 2.75) is 0 Å². The van der Waals surface area contributed by atoms with E-state index in [4.69, 9.17) is 4.74 Å². The lowest BCUT2D eigenvalue weighted by Crippen LogP contribution is -2.06. The van der Waals surface area contributed by atoms with E-state index in [0.29, 0.717) is 4.47 Å². The van der Waals surface area contributed by atoms with Crippen LogP contribution in [0.5, 0.6) is 5.75 Å². The van der Waals surface area contributed by atoms with Crippen molar-refractivity contribution in [1.82, 2.24) is 0 Å². The summed E-state index contributed by atoms with van der Waals surface area (Å²) in [7, 11) is 1.32. The van der Waals surface area contributed by atoms with Gasteiger partial charge >= 0.3 is 0 Å². The van der Waals surface area contributed by atoms with E-state index in [1.54, 1.807) is 6.07 Å². The van der Waals surface area contributed by atoms with Gasteiger partial charge in [-0.1, -0.05) is 6.07 Å². The number of methoxy groups -OCH3 is 1. The SMILES string of the molecule is COc1c(Br)cccc(F)c1=O. The average molecular weight is 233 g/mol. The first-order valence-corrected chi connectivity index (χ1v) is 3.98. The number of hydrogen-bond donors (Lipinski definition) is 0. The van der Waals surface area contributed by atoms with E-state index in [1.807, 2.05) is 0 Å². The summed E-state index contributed by atoms with van der Waals surface area (Å²) < 4.78 is 17.9. The lowest BCUT2D eigenvalue weighted by molar-refractivity contribution is 0.405. The Labute approximate surface area is 77.1 Å². The fraction of sp³-hybridized carbons (Fsp3) is 0.125. The Bertz CT molecular complexity index is 352. The van der Waals surface area contributed by atoms with E-state index in [2.05, 4.69) is 15.9 Å². The molecule has 1 rings (SSSR count). The summed E-state index contributed by atoms with van der Waals surface area (Å²) in [6.07, 6.45) is 0. The Morgan fingerprint density at radius 3 is 2.75 bits per heavy atom. The van der Waals surface area contributed by atoms with Crippen molar-refractivity contribution in [3.05, 3.63) is 38.7 Å². The largest absolute Gasteiger partial charge is 0.491 e. The molecule has 0 heterocycles. The maximum Gasteiger partial charge on any atom is 0.256 e. The van der Waals surface area contributed by atoms with Gasteiger partial charge in [0.05, 0.1) is 11.6 Å². The van der Waals surface area contributed by atoms with Crippen molar-refractivity contribution in [3.63, 3.8) is 0 Å². The summed E-state index contributed by atoms with van der Waals surface area (Å²) in [4.78, 5) is 11.1. The predicted molar refractivity (Wildman–Crippen MR) is 46.9 cm³/mol. The Morgan fingerprint density at radius 1 is 1.50 bits per heavy atom. The predicted octanol–water partition coefficient (Wildman–Crippen LogP) is 1.96. The topological polar surface area (TPSA) is 26.3 Å². The van der Waals surface area contributed by atoms with Crippen LogP contribution in [0, 0.1) is 5.82 Å². The van der Waals surface area contributed by atoms with Crippen LogP contribution >= 0.6 is 15.9 Å². The lowest BCUT2D eigenvalue weighted by Gasteiger charge is -1.95. The molecule has 1 aromatic rings. The van der Waals surface area contributed by atoms with E-state index in [1.165, 1.54) is 13.2 Å². The molecule has 0 aromatic heterocycles. The van der Waals surface area contributed by atoms with Crippen LogP contribution in [0.2, 0.25) is 0 Å². The molecule has 0 saturated heterocycles. The van der Waals surface area contributed by atoms with Crippen molar-refractivity contribution in [2.24, 2.45) is 0 Å². The quantitative estimate of drug-likeness (QED) is 0.741. The minimum atomic E-state index is -0.822. The van der Waals surface area contributed by atoms with Gasteiger partial charge in [0, 0.05) is 0 Å². The first kappa shape index (κ1) is 9.19. The van der Waals surface area contributed by atoms with Gasteiger partial charge < -0.3 is 4.74 Å². The second kappa shape index (κ2) is 3.67. The molecule has 0 saturated carbocycles. The lowest BCUT2D eigenvalue weighted by atomic mass is 10.4. The number of rotatable bonds is 1. The van der Waals surface area contributed by atoms with Crippen LogP contribution in [0.15, 0.2) is 27.5 Å². The Balaban J connectivity index is 3.56. The van der Waals surface area contributed by atoms with Gasteiger partial charge in [-0.3, -0.25) is 4.79 Å². The van der Waals surface area contributed by atoms with Gasteiger partial charge in [-0.15, -0.1) is 0 Å². The highest BCUT2D eigenvalue weighted by molar-refractivity contribution is 9.10. The fourth-order valence-corrected chi connectivity index (χ4v) is 1.27. The molecule has 0 amide bonds. The highest BCUT2D eigenvalue weighted by atomic mass is 79.9. The van der Waals surface area contributed by atoms with Crippen LogP contribution in [0.3, 0.4) is 0 Å². The third-order valence-electron chi connectivity index (χ3n) is 1.33. The number of ether oxygens (including phenoxy) is 1. The first-order chi connectivity index (χ1) is 5.66. The number of halogens is 2. The van der Waals surface area contributed by atoms with Gasteiger partial charge in [0.25, 0.3) is 5.43 Å². The Kier molecular flexibility index (Phi) is 2.81. The van der Waals surface area contributed by atoms with Crippen LogP contribution in [0.25, 0.3) is 0 Å². The highest BCUT2D eigenvalue weighted by Gasteiger charge is 2.06. The van der Waals surface area contributed by atoms with Gasteiger partial charge in [-0.25, -0.2) is 4.39 Å². The zero-order chi connectivity index (χ0) is 9.14. The van der Waals surface area contributed by atoms with Crippen molar-refractivity contribution in [1.29, 1.82) is 0 Å². The highest BCUT2D eigenvalue weighted by Crippen LogP contribution is 2.18. The molecule has 0 atom stereocenters. The van der Waals surface area contributed by atoms with Crippen molar-refractivity contribution in [2.75, 3.05) is 7.11 Å². The maximum absolute atomic E-state index is 12.8. The molecular weight excluding hydrogens is 227 g/mol. The molecule has 0 N–H and O–H groups in total. The summed E-state index contributed by atoms with van der Waals surface area (Å²) in [5, 5.41) is 0. The molecule has 0 aliphatic carbocycles. The summed E-state index contributed by atoms with van der Waals surface area (Å²) in [5.74, 6) is -0.838. The standard InChI is InChI=1S/C8H6BrFO2/c1-12-8-5(9)3-2-4-6(10)7(8)11/h2-4H,1H3. The van der Waals surface area contributed by atoms with Gasteiger partial charge in [0.15, 0.2) is 11.6 Å². The van der Waals surface area contributed by atoms with Crippen molar-refractivity contribution < 1.29 is 9.13 Å². The van der Waals surface area contributed by atoms with Crippen LogP contribution in [-0.4, -0.2) is 7.11 Å². The van der Waals surface area contributed by atoms with Crippen LogP contribution in [0.1, 0.15) is 0 Å². The molecule has 0 radical (unpaired) electrons. The molecule has 2 nitrogen and oxygen atoms in total. The molecule has 1 aromatic carbocycles. The van der Waals surface area contributed by atoms with Gasteiger partial charge in [-0.2, -0.15) is 0 Å². The molecule has 0 aliphatic rings. The normalized spacial score (nSPS) is 9.58. The molecule has 12 heavy (non-hydrogen) atoms. The van der Waals surface area contributed by atoms with E-state index in [9.17, 15) is 9.18 Å². The molecule has 0 aliphatic heterocycles. The van der Waals surface area contributed by atoms with E-state index in [0.717, 1.165) is 6.07 Å². The van der Waals surface area contributed by atoms with Gasteiger partial charge in [0.1, 0.15) is 0 Å². The Morgan fingerprint density at radius 2 is 2.17 bits per heavy atom. The van der Waals surface area contributed by atoms with Crippen molar-refractivity contribution >= 4 is 15.9 Å². The Hall–Kier alpha value is -0.900. The van der Waals surface area contributed by atoms with Crippen molar-refractivity contribution in [3.8, 4) is 5.75 Å². The first-order valence-electron chi connectivity index (χ1n) is 3.19. The molecule has 64 valence electrons. The summed E-state index contributed by atoms with van der Waals surface area (Å²) in [5.41, 5.74) is -0.741. The zero-order valence-electron chi connectivity index (χ0n) is 6.30. The smallest absolute Gasteiger partial charge is 0.256 e. The zero-order valence-corrected chi connectivity index (χ0v) is 7.89. The minimum absolute atomic E-state index is 0.0162. The minimum Gasteiger partial charge on any atom is -0.491 e. The molecule has 4 heteroatoms. The van der Waals surface area contributed by atoms with Gasteiger partial charge in [-0.05, 0) is 28.1 Å². The molecule has 0 unspecified atom stereocenters. The van der Waals surface area contributed by atoms with Crippen LogP contribution in [0.4, 0.5) is 4.39 Å². The van der Waals surface area contributed by atoms with E-state index < -0.39 is 11.2 Å². The summed E-state index contributed by atoms with van der Waals surface area (Å²) in [6.45, 7) is 0. The third kappa shape index (κ3) is 1.64. The van der Waals surface area contributed by atoms with Gasteiger partial charge in [0.2, 0.25) is 0 Å². The van der Waals surface area contributed by atoms with Crippen LogP contribution in [-0.2, 0) is 0 Å². The third-order valence-corrected chi connectivity index (χ3v) is 1.95. The molecule has 0 bridgehead atoms. The second-order valence-corrected chi connectivity index (χ2v) is 2.94. The fourth-order valence-electron chi connectivity index (χ4n) is 0.776. The van der Waals surface area contributed by atoms with Crippen LogP contribution < -0.4 is 10.2 Å². The molecule has 0 fully saturated rings. The van der Waals surface area contributed by atoms with E-state index in [-0.39, 0.29) is 5.75 Å². The van der Waals surface area contributed by atoms with E-state index >= 15 is 0 Å². The maximum atomic E-state index is 12.8. The number of hydrogen-bond acceptors (Lipinski definition) is 2. The second-order valence-electron chi connectivity index (χ2n) is 2.08. The summed E-state index contributed by atoms with van der Waals surface area (Å²) >= 11 is 3.08. The molecule has 0 spiro atoms. The molecular formula is C8H6BrFO2.